The number of carbonyl (C=O) groups is 1. The van der Waals surface area contributed by atoms with Gasteiger partial charge < -0.3 is 9.47 Å². The fourth-order valence-corrected chi connectivity index (χ4v) is 1.66. The second kappa shape index (κ2) is 4.88. The Morgan fingerprint density at radius 3 is 2.82 bits per heavy atom. The Bertz CT molecular complexity index is 476. The van der Waals surface area contributed by atoms with E-state index in [9.17, 15) is 4.79 Å². The molecule has 0 bridgehead atoms. The van der Waals surface area contributed by atoms with Gasteiger partial charge in [-0.15, -0.1) is 0 Å². The minimum absolute atomic E-state index is 0.0453. The molecule has 17 heavy (non-hydrogen) atoms. The summed E-state index contributed by atoms with van der Waals surface area (Å²) >= 11 is 0. The van der Waals surface area contributed by atoms with Gasteiger partial charge >= 0.3 is 0 Å². The highest BCUT2D eigenvalue weighted by Crippen LogP contribution is 2.31. The molecule has 1 aliphatic rings. The molecule has 0 spiro atoms. The standard InChI is InChI=1S/C13H13NO3/c1-9(8-14)6-11(15)10-2-3-12-13(7-10)17-5-4-16-12/h2-3,7,9H,4-6H2,1H3. The number of carbonyl (C=O) groups excluding carboxylic acids is 1. The first kappa shape index (κ1) is 11.5. The van der Waals surface area contributed by atoms with Gasteiger partial charge in [0.2, 0.25) is 0 Å². The van der Waals surface area contributed by atoms with Crippen molar-refractivity contribution in [3.05, 3.63) is 23.8 Å². The highest BCUT2D eigenvalue weighted by Gasteiger charge is 2.16. The Hall–Kier alpha value is -2.02. The van der Waals surface area contributed by atoms with Gasteiger partial charge in [0.15, 0.2) is 17.3 Å². The molecule has 0 aliphatic carbocycles. The number of benzene rings is 1. The van der Waals surface area contributed by atoms with Crippen molar-refractivity contribution in [2.45, 2.75) is 13.3 Å². The van der Waals surface area contributed by atoms with E-state index in [0.717, 1.165) is 0 Å². The molecule has 2 rings (SSSR count). The van der Waals surface area contributed by atoms with Crippen molar-refractivity contribution in [1.82, 2.24) is 0 Å². The highest BCUT2D eigenvalue weighted by atomic mass is 16.6. The van der Waals surface area contributed by atoms with E-state index < -0.39 is 0 Å². The van der Waals surface area contributed by atoms with Crippen molar-refractivity contribution >= 4 is 5.78 Å². The van der Waals surface area contributed by atoms with E-state index >= 15 is 0 Å². The van der Waals surface area contributed by atoms with Gasteiger partial charge in [-0.25, -0.2) is 0 Å². The molecule has 1 heterocycles. The Labute approximate surface area is 99.8 Å². The molecule has 0 N–H and O–H groups in total. The van der Waals surface area contributed by atoms with Gasteiger partial charge in [0.05, 0.1) is 12.0 Å². The van der Waals surface area contributed by atoms with Crippen LogP contribution in [-0.4, -0.2) is 19.0 Å². The maximum absolute atomic E-state index is 11.9. The van der Waals surface area contributed by atoms with Crippen molar-refractivity contribution in [3.8, 4) is 17.6 Å². The maximum atomic E-state index is 11.9. The van der Waals surface area contributed by atoms with Crippen molar-refractivity contribution in [3.63, 3.8) is 0 Å². The third-order valence-electron chi connectivity index (χ3n) is 2.58. The molecular weight excluding hydrogens is 218 g/mol. The molecule has 1 aromatic carbocycles. The SMILES string of the molecule is CC(C#N)CC(=O)c1ccc2c(c1)OCCO2. The molecule has 0 fully saturated rings. The summed E-state index contributed by atoms with van der Waals surface area (Å²) in [4.78, 5) is 11.9. The lowest BCUT2D eigenvalue weighted by atomic mass is 10.0. The molecule has 1 atom stereocenters. The molecule has 0 aromatic heterocycles. The maximum Gasteiger partial charge on any atom is 0.164 e. The van der Waals surface area contributed by atoms with Crippen molar-refractivity contribution in [2.75, 3.05) is 13.2 Å². The molecule has 0 radical (unpaired) electrons. The number of nitriles is 1. The van der Waals surface area contributed by atoms with Crippen LogP contribution < -0.4 is 9.47 Å². The first-order valence-corrected chi connectivity index (χ1v) is 5.53. The Kier molecular flexibility index (Phi) is 3.29. The Morgan fingerprint density at radius 2 is 2.12 bits per heavy atom. The predicted octanol–water partition coefficient (Wildman–Crippen LogP) is 2.19. The van der Waals surface area contributed by atoms with E-state index in [4.69, 9.17) is 14.7 Å². The van der Waals surface area contributed by atoms with Gasteiger partial charge in [-0.05, 0) is 25.1 Å². The summed E-state index contributed by atoms with van der Waals surface area (Å²) in [6, 6.07) is 7.18. The van der Waals surface area contributed by atoms with Crippen molar-refractivity contribution < 1.29 is 14.3 Å². The molecule has 0 saturated heterocycles. The fraction of sp³-hybridized carbons (Fsp3) is 0.385. The van der Waals surface area contributed by atoms with Crippen molar-refractivity contribution in [2.24, 2.45) is 5.92 Å². The largest absolute Gasteiger partial charge is 0.486 e. The zero-order chi connectivity index (χ0) is 12.3. The number of rotatable bonds is 3. The zero-order valence-electron chi connectivity index (χ0n) is 9.60. The van der Waals surface area contributed by atoms with E-state index in [-0.39, 0.29) is 18.1 Å². The molecular formula is C13H13NO3. The zero-order valence-corrected chi connectivity index (χ0v) is 9.60. The van der Waals surface area contributed by atoms with Crippen LogP contribution in [0.1, 0.15) is 23.7 Å². The Balaban J connectivity index is 2.17. The summed E-state index contributed by atoms with van der Waals surface area (Å²) in [6.45, 7) is 2.76. The van der Waals surface area contributed by atoms with Crippen LogP contribution >= 0.6 is 0 Å². The van der Waals surface area contributed by atoms with Gasteiger partial charge in [0.25, 0.3) is 0 Å². The third kappa shape index (κ3) is 2.56. The average molecular weight is 231 g/mol. The van der Waals surface area contributed by atoms with Crippen LogP contribution in [0.25, 0.3) is 0 Å². The van der Waals surface area contributed by atoms with Crippen LogP contribution in [0.5, 0.6) is 11.5 Å². The monoisotopic (exact) mass is 231 g/mol. The lowest BCUT2D eigenvalue weighted by Crippen LogP contribution is -2.16. The van der Waals surface area contributed by atoms with E-state index in [1.54, 1.807) is 25.1 Å². The van der Waals surface area contributed by atoms with Crippen molar-refractivity contribution in [1.29, 1.82) is 5.26 Å². The lowest BCUT2D eigenvalue weighted by molar-refractivity contribution is 0.0971. The first-order chi connectivity index (χ1) is 8.20. The van der Waals surface area contributed by atoms with Crippen LogP contribution in [0.4, 0.5) is 0 Å². The van der Waals surface area contributed by atoms with E-state index in [1.165, 1.54) is 0 Å². The molecule has 4 heteroatoms. The Morgan fingerprint density at radius 1 is 1.41 bits per heavy atom. The predicted molar refractivity (Wildman–Crippen MR) is 61.2 cm³/mol. The summed E-state index contributed by atoms with van der Waals surface area (Å²) < 4.78 is 10.8. The van der Waals surface area contributed by atoms with Crippen LogP contribution in [0.3, 0.4) is 0 Å². The van der Waals surface area contributed by atoms with Gasteiger partial charge in [0.1, 0.15) is 13.2 Å². The molecule has 4 nitrogen and oxygen atoms in total. The summed E-state index contributed by atoms with van der Waals surface area (Å²) in [5.41, 5.74) is 0.566. The van der Waals surface area contributed by atoms with E-state index in [2.05, 4.69) is 6.07 Å². The third-order valence-corrected chi connectivity index (χ3v) is 2.58. The number of ether oxygens (including phenoxy) is 2. The first-order valence-electron chi connectivity index (χ1n) is 5.53. The minimum atomic E-state index is -0.268. The summed E-state index contributed by atoms with van der Waals surface area (Å²) in [7, 11) is 0. The molecule has 88 valence electrons. The molecule has 0 amide bonds. The topological polar surface area (TPSA) is 59.3 Å². The number of hydrogen-bond acceptors (Lipinski definition) is 4. The molecule has 1 aliphatic heterocycles. The van der Waals surface area contributed by atoms with Crippen LogP contribution in [0, 0.1) is 17.2 Å². The summed E-state index contributed by atoms with van der Waals surface area (Å²) in [6.07, 6.45) is 0.232. The summed E-state index contributed by atoms with van der Waals surface area (Å²) in [5.74, 6) is 0.958. The number of hydrogen-bond donors (Lipinski definition) is 0. The highest BCUT2D eigenvalue weighted by molar-refractivity contribution is 5.97. The minimum Gasteiger partial charge on any atom is -0.486 e. The van der Waals surface area contributed by atoms with E-state index in [0.29, 0.717) is 30.3 Å². The number of Topliss-reactive ketones (excluding diaryl/α,β-unsaturated/α-hetero) is 1. The summed E-state index contributed by atoms with van der Waals surface area (Å²) in [5, 5.41) is 8.68. The average Bonchev–Trinajstić information content (AvgIpc) is 2.38. The van der Waals surface area contributed by atoms with Gasteiger partial charge in [-0.3, -0.25) is 4.79 Å². The van der Waals surface area contributed by atoms with Crippen LogP contribution in [0.15, 0.2) is 18.2 Å². The molecule has 1 aromatic rings. The number of ketones is 1. The number of nitrogens with zero attached hydrogens (tertiary/aromatic N) is 1. The lowest BCUT2D eigenvalue weighted by Gasteiger charge is -2.18. The van der Waals surface area contributed by atoms with E-state index in [1.807, 2.05) is 0 Å². The smallest absolute Gasteiger partial charge is 0.164 e. The van der Waals surface area contributed by atoms with Crippen LogP contribution in [-0.2, 0) is 0 Å². The molecule has 0 saturated carbocycles. The van der Waals surface area contributed by atoms with Crippen LogP contribution in [0.2, 0.25) is 0 Å². The second-order valence-electron chi connectivity index (χ2n) is 4.02. The van der Waals surface area contributed by atoms with Gasteiger partial charge in [-0.2, -0.15) is 5.26 Å². The normalized spacial score (nSPS) is 14.8. The number of fused-ring (bicyclic) bond motifs is 1. The van der Waals surface area contributed by atoms with Gasteiger partial charge in [-0.1, -0.05) is 0 Å². The van der Waals surface area contributed by atoms with Gasteiger partial charge in [0, 0.05) is 12.0 Å². The quantitative estimate of drug-likeness (QED) is 0.748. The second-order valence-corrected chi connectivity index (χ2v) is 4.02. The fourth-order valence-electron chi connectivity index (χ4n) is 1.66. The molecule has 1 unspecified atom stereocenters.